The first-order chi connectivity index (χ1) is 10.0. The third-order valence-corrected chi connectivity index (χ3v) is 4.07. The van der Waals surface area contributed by atoms with E-state index in [2.05, 4.69) is 34.6 Å². The van der Waals surface area contributed by atoms with Gasteiger partial charge in [-0.3, -0.25) is 0 Å². The zero-order chi connectivity index (χ0) is 15.2. The summed E-state index contributed by atoms with van der Waals surface area (Å²) in [7, 11) is 0. The second-order valence-electron chi connectivity index (χ2n) is 6.33. The van der Waals surface area contributed by atoms with Gasteiger partial charge < -0.3 is 15.2 Å². The second kappa shape index (κ2) is 7.43. The minimum Gasteiger partial charge on any atom is -0.340 e. The molecule has 1 heterocycles. The first kappa shape index (κ1) is 15.8. The van der Waals surface area contributed by atoms with Gasteiger partial charge in [-0.1, -0.05) is 31.8 Å². The van der Waals surface area contributed by atoms with Crippen molar-refractivity contribution in [2.24, 2.45) is 11.8 Å². The maximum atomic E-state index is 12.0. The maximum absolute atomic E-state index is 12.0. The average molecular weight is 294 g/mol. The number of aryl methyl sites for hydroxylation is 1. The van der Waals surface area contributed by atoms with Gasteiger partial charge in [0, 0.05) is 13.0 Å². The molecule has 2 atom stereocenters. The van der Waals surface area contributed by atoms with Gasteiger partial charge in [-0.25, -0.2) is 4.79 Å². The Morgan fingerprint density at radius 3 is 2.90 bits per heavy atom. The van der Waals surface area contributed by atoms with Gasteiger partial charge in [0.05, 0.1) is 6.54 Å². The van der Waals surface area contributed by atoms with Crippen LogP contribution in [-0.2, 0) is 6.54 Å². The van der Waals surface area contributed by atoms with Crippen molar-refractivity contribution in [2.45, 2.75) is 65.5 Å². The second-order valence-corrected chi connectivity index (χ2v) is 6.33. The molecule has 0 bridgehead atoms. The van der Waals surface area contributed by atoms with Crippen molar-refractivity contribution in [1.29, 1.82) is 0 Å². The molecule has 1 aromatic rings. The highest BCUT2D eigenvalue weighted by molar-refractivity contribution is 5.74. The number of nitrogens with one attached hydrogen (secondary N) is 2. The van der Waals surface area contributed by atoms with Gasteiger partial charge in [0.15, 0.2) is 5.82 Å². The highest BCUT2D eigenvalue weighted by Crippen LogP contribution is 2.30. The zero-order valence-electron chi connectivity index (χ0n) is 13.2. The molecule has 0 unspecified atom stereocenters. The molecule has 0 aliphatic heterocycles. The molecule has 118 valence electrons. The van der Waals surface area contributed by atoms with Crippen molar-refractivity contribution in [3.8, 4) is 0 Å². The molecule has 1 saturated carbocycles. The summed E-state index contributed by atoms with van der Waals surface area (Å²) in [5.74, 6) is 2.36. The first-order valence-electron chi connectivity index (χ1n) is 7.88. The van der Waals surface area contributed by atoms with E-state index in [1.165, 1.54) is 25.7 Å². The van der Waals surface area contributed by atoms with Crippen LogP contribution in [0.1, 0.15) is 57.7 Å². The van der Waals surface area contributed by atoms with Crippen LogP contribution in [0.5, 0.6) is 0 Å². The molecule has 2 N–H and O–H groups in total. The molecule has 1 aromatic heterocycles. The Labute approximate surface area is 126 Å². The summed E-state index contributed by atoms with van der Waals surface area (Å²) in [5.41, 5.74) is 0. The quantitative estimate of drug-likeness (QED) is 0.845. The van der Waals surface area contributed by atoms with E-state index in [0.29, 0.717) is 30.2 Å². The number of urea groups is 1. The summed E-state index contributed by atoms with van der Waals surface area (Å²) >= 11 is 0. The Bertz CT molecular complexity index is 458. The van der Waals surface area contributed by atoms with Gasteiger partial charge in [-0.05, 0) is 31.1 Å². The summed E-state index contributed by atoms with van der Waals surface area (Å²) < 4.78 is 4.87. The summed E-state index contributed by atoms with van der Waals surface area (Å²) in [5, 5.41) is 9.64. The highest BCUT2D eigenvalue weighted by atomic mass is 16.5. The molecule has 2 rings (SSSR count). The van der Waals surface area contributed by atoms with Crippen molar-refractivity contribution in [1.82, 2.24) is 20.8 Å². The highest BCUT2D eigenvalue weighted by Gasteiger charge is 2.28. The molecule has 6 nitrogen and oxygen atoms in total. The maximum Gasteiger partial charge on any atom is 0.315 e. The largest absolute Gasteiger partial charge is 0.340 e. The molecule has 0 spiro atoms. The molecular weight excluding hydrogens is 268 g/mol. The monoisotopic (exact) mass is 294 g/mol. The van der Waals surface area contributed by atoms with Crippen molar-refractivity contribution in [2.75, 3.05) is 0 Å². The van der Waals surface area contributed by atoms with Gasteiger partial charge >= 0.3 is 6.03 Å². The predicted octanol–water partition coefficient (Wildman–Crippen LogP) is 2.78. The van der Waals surface area contributed by atoms with E-state index in [4.69, 9.17) is 4.52 Å². The van der Waals surface area contributed by atoms with Crippen LogP contribution in [0.25, 0.3) is 0 Å². The Kier molecular flexibility index (Phi) is 5.59. The number of hydrogen-bond donors (Lipinski definition) is 2. The lowest BCUT2D eigenvalue weighted by Gasteiger charge is -2.21. The Morgan fingerprint density at radius 2 is 2.24 bits per heavy atom. The van der Waals surface area contributed by atoms with E-state index >= 15 is 0 Å². The lowest BCUT2D eigenvalue weighted by atomic mass is 9.94. The number of nitrogens with zero attached hydrogens (tertiary/aromatic N) is 2. The van der Waals surface area contributed by atoms with Crippen molar-refractivity contribution >= 4 is 6.03 Å². The van der Waals surface area contributed by atoms with E-state index < -0.39 is 0 Å². The van der Waals surface area contributed by atoms with E-state index in [0.717, 1.165) is 12.3 Å². The summed E-state index contributed by atoms with van der Waals surface area (Å²) in [6, 6.07) is 0.162. The topological polar surface area (TPSA) is 80.0 Å². The van der Waals surface area contributed by atoms with E-state index in [1.54, 1.807) is 6.92 Å². The van der Waals surface area contributed by atoms with E-state index in [9.17, 15) is 4.79 Å². The minimum atomic E-state index is -0.140. The normalized spacial score (nSPS) is 21.7. The summed E-state index contributed by atoms with van der Waals surface area (Å²) in [6.45, 7) is 6.52. The third kappa shape index (κ3) is 5.02. The van der Waals surface area contributed by atoms with Gasteiger partial charge in [-0.2, -0.15) is 4.98 Å². The van der Waals surface area contributed by atoms with Crippen molar-refractivity contribution in [3.05, 3.63) is 11.7 Å². The fourth-order valence-corrected chi connectivity index (χ4v) is 2.91. The predicted molar refractivity (Wildman–Crippen MR) is 79.6 cm³/mol. The molecule has 1 aliphatic carbocycles. The number of amides is 2. The average Bonchev–Trinajstić information content (AvgIpc) is 3.03. The van der Waals surface area contributed by atoms with Crippen LogP contribution < -0.4 is 10.6 Å². The van der Waals surface area contributed by atoms with E-state index in [-0.39, 0.29) is 6.03 Å². The van der Waals surface area contributed by atoms with Crippen LogP contribution in [-0.4, -0.2) is 22.2 Å². The van der Waals surface area contributed by atoms with Gasteiger partial charge in [0.1, 0.15) is 0 Å². The Balaban J connectivity index is 1.73. The lowest BCUT2D eigenvalue weighted by Crippen LogP contribution is -2.43. The van der Waals surface area contributed by atoms with Crippen LogP contribution in [0.4, 0.5) is 4.79 Å². The standard InChI is InChI=1S/C15H26N4O2/c1-10(2)7-8-12-5-4-6-13(12)18-15(20)16-9-14-17-11(3)21-19-14/h10,12-13H,4-9H2,1-3H3,(H2,16,18,20)/t12-,13+/m1/s1. The first-order valence-corrected chi connectivity index (χ1v) is 7.88. The molecular formula is C15H26N4O2. The smallest absolute Gasteiger partial charge is 0.315 e. The fourth-order valence-electron chi connectivity index (χ4n) is 2.91. The molecule has 21 heavy (non-hydrogen) atoms. The SMILES string of the molecule is Cc1nc(CNC(=O)N[C@H]2CCC[C@@H]2CCC(C)C)no1. The fraction of sp³-hybridized carbons (Fsp3) is 0.800. The molecule has 0 radical (unpaired) electrons. The summed E-state index contributed by atoms with van der Waals surface area (Å²) in [4.78, 5) is 16.0. The minimum absolute atomic E-state index is 0.140. The van der Waals surface area contributed by atoms with Crippen molar-refractivity contribution < 1.29 is 9.32 Å². The molecule has 1 aliphatic rings. The Morgan fingerprint density at radius 1 is 1.43 bits per heavy atom. The van der Waals surface area contributed by atoms with Crippen LogP contribution >= 0.6 is 0 Å². The lowest BCUT2D eigenvalue weighted by molar-refractivity contribution is 0.231. The van der Waals surface area contributed by atoms with Crippen LogP contribution in [0, 0.1) is 18.8 Å². The molecule has 0 aromatic carbocycles. The van der Waals surface area contributed by atoms with Crippen LogP contribution in [0.2, 0.25) is 0 Å². The number of aromatic nitrogens is 2. The van der Waals surface area contributed by atoms with Crippen molar-refractivity contribution in [3.63, 3.8) is 0 Å². The zero-order valence-corrected chi connectivity index (χ0v) is 13.2. The van der Waals surface area contributed by atoms with E-state index in [1.807, 2.05) is 0 Å². The number of carbonyl (C=O) groups excluding carboxylic acids is 1. The summed E-state index contributed by atoms with van der Waals surface area (Å²) in [6.07, 6.45) is 5.94. The van der Waals surface area contributed by atoms with Gasteiger partial charge in [-0.15, -0.1) is 0 Å². The van der Waals surface area contributed by atoms with Gasteiger partial charge in [0.2, 0.25) is 5.89 Å². The number of carbonyl (C=O) groups is 1. The van der Waals surface area contributed by atoms with Crippen LogP contribution in [0.3, 0.4) is 0 Å². The molecule has 0 saturated heterocycles. The third-order valence-electron chi connectivity index (χ3n) is 4.07. The van der Waals surface area contributed by atoms with Gasteiger partial charge in [0.25, 0.3) is 0 Å². The van der Waals surface area contributed by atoms with Crippen LogP contribution in [0.15, 0.2) is 4.52 Å². The Hall–Kier alpha value is -1.59. The molecule has 1 fully saturated rings. The molecule has 6 heteroatoms. The number of hydrogen-bond acceptors (Lipinski definition) is 4. The number of rotatable bonds is 6. The molecule has 2 amide bonds.